The average molecular weight is 248 g/mol. The molecule has 0 aromatic carbocycles. The van der Waals surface area contributed by atoms with Crippen LogP contribution in [-0.2, 0) is 0 Å². The summed E-state index contributed by atoms with van der Waals surface area (Å²) in [7, 11) is 0. The molecule has 3 rings (SSSR count). The van der Waals surface area contributed by atoms with E-state index in [1.807, 2.05) is 0 Å². The number of hydrogen-bond acceptors (Lipinski definition) is 2. The second kappa shape index (κ2) is 4.96. The third-order valence-corrected chi connectivity index (χ3v) is 4.31. The molecule has 3 heteroatoms. The second-order valence-electron chi connectivity index (χ2n) is 5.87. The quantitative estimate of drug-likeness (QED) is 0.835. The van der Waals surface area contributed by atoms with E-state index in [1.54, 1.807) is 6.07 Å². The van der Waals surface area contributed by atoms with Crippen LogP contribution in [0.5, 0.6) is 0 Å². The molecule has 0 bridgehead atoms. The lowest BCUT2D eigenvalue weighted by molar-refractivity contribution is 0.360. The third kappa shape index (κ3) is 2.89. The molecule has 2 saturated carbocycles. The molecule has 18 heavy (non-hydrogen) atoms. The van der Waals surface area contributed by atoms with E-state index in [1.165, 1.54) is 37.9 Å². The van der Waals surface area contributed by atoms with Crippen molar-refractivity contribution >= 4 is 0 Å². The SMILES string of the molecule is CC(NCC(C1CC1)C1CC1)c1ccc(F)cn1. The van der Waals surface area contributed by atoms with E-state index < -0.39 is 0 Å². The topological polar surface area (TPSA) is 24.9 Å². The lowest BCUT2D eigenvalue weighted by atomic mass is 9.97. The van der Waals surface area contributed by atoms with Crippen molar-refractivity contribution < 1.29 is 4.39 Å². The summed E-state index contributed by atoms with van der Waals surface area (Å²) >= 11 is 0. The van der Waals surface area contributed by atoms with Crippen molar-refractivity contribution in [1.82, 2.24) is 10.3 Å². The fourth-order valence-electron chi connectivity index (χ4n) is 2.83. The molecule has 0 amide bonds. The van der Waals surface area contributed by atoms with Crippen LogP contribution in [0.3, 0.4) is 0 Å². The molecule has 0 saturated heterocycles. The molecule has 2 aliphatic rings. The number of nitrogens with one attached hydrogen (secondary N) is 1. The molecule has 98 valence electrons. The van der Waals surface area contributed by atoms with Crippen LogP contribution >= 0.6 is 0 Å². The molecular weight excluding hydrogens is 227 g/mol. The van der Waals surface area contributed by atoms with Gasteiger partial charge in [-0.1, -0.05) is 0 Å². The average Bonchev–Trinajstić information content (AvgIpc) is 3.24. The largest absolute Gasteiger partial charge is 0.309 e. The van der Waals surface area contributed by atoms with E-state index in [0.717, 1.165) is 30.0 Å². The van der Waals surface area contributed by atoms with Crippen molar-refractivity contribution in [3.63, 3.8) is 0 Å². The molecule has 0 spiro atoms. The maximum atomic E-state index is 12.8. The Balaban J connectivity index is 1.53. The molecule has 2 fully saturated rings. The van der Waals surface area contributed by atoms with Gasteiger partial charge in [0, 0.05) is 6.04 Å². The zero-order valence-corrected chi connectivity index (χ0v) is 10.9. The highest BCUT2D eigenvalue weighted by molar-refractivity contribution is 5.09. The summed E-state index contributed by atoms with van der Waals surface area (Å²) in [6.07, 6.45) is 6.99. The van der Waals surface area contributed by atoms with Gasteiger partial charge in [-0.3, -0.25) is 4.98 Å². The van der Waals surface area contributed by atoms with Gasteiger partial charge in [0.25, 0.3) is 0 Å². The molecule has 2 nitrogen and oxygen atoms in total. The summed E-state index contributed by atoms with van der Waals surface area (Å²) in [4.78, 5) is 4.14. The predicted octanol–water partition coefficient (Wildman–Crippen LogP) is 3.31. The van der Waals surface area contributed by atoms with E-state index in [-0.39, 0.29) is 11.9 Å². The lowest BCUT2D eigenvalue weighted by Gasteiger charge is -2.20. The van der Waals surface area contributed by atoms with Crippen molar-refractivity contribution in [2.45, 2.75) is 38.6 Å². The fraction of sp³-hybridized carbons (Fsp3) is 0.667. The van der Waals surface area contributed by atoms with Crippen LogP contribution in [0, 0.1) is 23.6 Å². The van der Waals surface area contributed by atoms with Gasteiger partial charge in [0.2, 0.25) is 0 Å². The van der Waals surface area contributed by atoms with Crippen LogP contribution in [0.25, 0.3) is 0 Å². The van der Waals surface area contributed by atoms with E-state index in [4.69, 9.17) is 0 Å². The van der Waals surface area contributed by atoms with E-state index >= 15 is 0 Å². The summed E-state index contributed by atoms with van der Waals surface area (Å²) in [5.74, 6) is 2.55. The van der Waals surface area contributed by atoms with Gasteiger partial charge < -0.3 is 5.32 Å². The first kappa shape index (κ1) is 12.1. The third-order valence-electron chi connectivity index (χ3n) is 4.31. The van der Waals surface area contributed by atoms with Crippen LogP contribution in [0.2, 0.25) is 0 Å². The van der Waals surface area contributed by atoms with Crippen molar-refractivity contribution in [2.75, 3.05) is 6.54 Å². The number of aromatic nitrogens is 1. The number of nitrogens with zero attached hydrogens (tertiary/aromatic N) is 1. The smallest absolute Gasteiger partial charge is 0.141 e. The molecule has 1 aromatic rings. The Morgan fingerprint density at radius 1 is 1.28 bits per heavy atom. The summed E-state index contributed by atoms with van der Waals surface area (Å²) < 4.78 is 12.8. The first-order valence-corrected chi connectivity index (χ1v) is 7.09. The predicted molar refractivity (Wildman–Crippen MR) is 69.6 cm³/mol. The van der Waals surface area contributed by atoms with Crippen molar-refractivity contribution in [3.8, 4) is 0 Å². The van der Waals surface area contributed by atoms with Gasteiger partial charge in [0.1, 0.15) is 5.82 Å². The summed E-state index contributed by atoms with van der Waals surface area (Å²) in [6.45, 7) is 3.20. The number of hydrogen-bond donors (Lipinski definition) is 1. The first-order valence-electron chi connectivity index (χ1n) is 7.09. The van der Waals surface area contributed by atoms with Gasteiger partial charge >= 0.3 is 0 Å². The van der Waals surface area contributed by atoms with Crippen LogP contribution < -0.4 is 5.32 Å². The summed E-state index contributed by atoms with van der Waals surface area (Å²) in [5.41, 5.74) is 0.932. The van der Waals surface area contributed by atoms with Gasteiger partial charge in [0.15, 0.2) is 0 Å². The van der Waals surface area contributed by atoms with Gasteiger partial charge in [-0.25, -0.2) is 4.39 Å². The van der Waals surface area contributed by atoms with Gasteiger partial charge in [-0.05, 0) is 69.0 Å². The van der Waals surface area contributed by atoms with E-state index in [9.17, 15) is 4.39 Å². The molecule has 0 radical (unpaired) electrons. The molecule has 2 aliphatic carbocycles. The molecule has 1 unspecified atom stereocenters. The molecule has 1 atom stereocenters. The number of rotatable bonds is 6. The summed E-state index contributed by atoms with van der Waals surface area (Å²) in [5, 5.41) is 3.58. The van der Waals surface area contributed by atoms with E-state index in [0.29, 0.717) is 0 Å². The molecule has 1 N–H and O–H groups in total. The first-order chi connectivity index (χ1) is 8.74. The lowest BCUT2D eigenvalue weighted by Crippen LogP contribution is -2.28. The van der Waals surface area contributed by atoms with Crippen LogP contribution in [-0.4, -0.2) is 11.5 Å². The minimum atomic E-state index is -0.264. The number of halogens is 1. The Morgan fingerprint density at radius 3 is 2.44 bits per heavy atom. The second-order valence-corrected chi connectivity index (χ2v) is 5.87. The Hall–Kier alpha value is -0.960. The normalized spacial score (nSPS) is 21.3. The number of pyridine rings is 1. The molecule has 0 aliphatic heterocycles. The fourth-order valence-corrected chi connectivity index (χ4v) is 2.83. The highest BCUT2D eigenvalue weighted by atomic mass is 19.1. The maximum Gasteiger partial charge on any atom is 0.141 e. The molecule has 1 heterocycles. The highest BCUT2D eigenvalue weighted by Gasteiger charge is 2.41. The van der Waals surface area contributed by atoms with Crippen LogP contribution in [0.1, 0.15) is 44.3 Å². The minimum absolute atomic E-state index is 0.214. The van der Waals surface area contributed by atoms with Crippen molar-refractivity contribution in [3.05, 3.63) is 29.8 Å². The standard InChI is InChI=1S/C15H21FN2/c1-10(15-7-6-13(16)8-18-15)17-9-14(11-2-3-11)12-4-5-12/h6-8,10-12,14,17H,2-5,9H2,1H3. The Labute approximate surface area is 108 Å². The minimum Gasteiger partial charge on any atom is -0.309 e. The Morgan fingerprint density at radius 2 is 1.94 bits per heavy atom. The zero-order chi connectivity index (χ0) is 12.5. The van der Waals surface area contributed by atoms with Crippen LogP contribution in [0.4, 0.5) is 4.39 Å². The van der Waals surface area contributed by atoms with Crippen molar-refractivity contribution in [1.29, 1.82) is 0 Å². The van der Waals surface area contributed by atoms with E-state index in [2.05, 4.69) is 17.2 Å². The Kier molecular flexibility index (Phi) is 3.33. The van der Waals surface area contributed by atoms with Gasteiger partial charge in [-0.2, -0.15) is 0 Å². The summed E-state index contributed by atoms with van der Waals surface area (Å²) in [6, 6.07) is 3.47. The highest BCUT2D eigenvalue weighted by Crippen LogP contribution is 2.48. The Bertz CT molecular complexity index is 383. The molecular formula is C15H21FN2. The zero-order valence-electron chi connectivity index (χ0n) is 10.9. The van der Waals surface area contributed by atoms with Gasteiger partial charge in [-0.15, -0.1) is 0 Å². The monoisotopic (exact) mass is 248 g/mol. The van der Waals surface area contributed by atoms with Gasteiger partial charge in [0.05, 0.1) is 11.9 Å². The van der Waals surface area contributed by atoms with Crippen LogP contribution in [0.15, 0.2) is 18.3 Å². The maximum absolute atomic E-state index is 12.8. The molecule has 1 aromatic heterocycles. The van der Waals surface area contributed by atoms with Crippen molar-refractivity contribution in [2.24, 2.45) is 17.8 Å².